The van der Waals surface area contributed by atoms with E-state index in [0.717, 1.165) is 22.5 Å². The maximum Gasteiger partial charge on any atom is 0.128 e. The Bertz CT molecular complexity index is 403. The molecule has 0 amide bonds. The molecule has 0 atom stereocenters. The Morgan fingerprint density at radius 1 is 1.37 bits per heavy atom. The van der Waals surface area contributed by atoms with Gasteiger partial charge in [-0.25, -0.2) is 4.39 Å². The Morgan fingerprint density at radius 2 is 2.11 bits per heavy atom. The van der Waals surface area contributed by atoms with Crippen LogP contribution in [0.4, 0.5) is 4.39 Å². The smallest absolute Gasteiger partial charge is 0.128 e. The second-order valence-corrected chi connectivity index (χ2v) is 6.36. The largest absolute Gasteiger partial charge is 0.313 e. The molecule has 19 heavy (non-hydrogen) atoms. The molecule has 0 saturated carbocycles. The quantitative estimate of drug-likeness (QED) is 0.833. The molecule has 0 aromatic heterocycles. The van der Waals surface area contributed by atoms with Crippen molar-refractivity contribution in [2.75, 3.05) is 26.7 Å². The van der Waals surface area contributed by atoms with E-state index in [2.05, 4.69) is 33.2 Å². The van der Waals surface area contributed by atoms with Crippen molar-refractivity contribution >= 4 is 15.9 Å². The van der Waals surface area contributed by atoms with Crippen molar-refractivity contribution in [2.45, 2.75) is 25.8 Å². The van der Waals surface area contributed by atoms with E-state index in [0.29, 0.717) is 6.54 Å². The van der Waals surface area contributed by atoms with Gasteiger partial charge in [0, 0.05) is 16.6 Å². The van der Waals surface area contributed by atoms with E-state index in [1.165, 1.54) is 38.4 Å². The summed E-state index contributed by atoms with van der Waals surface area (Å²) in [5.41, 5.74) is 0.742. The summed E-state index contributed by atoms with van der Waals surface area (Å²) in [7, 11) is 2.19. The molecule has 1 aromatic rings. The third-order valence-electron chi connectivity index (χ3n) is 3.90. The molecule has 1 N–H and O–H groups in total. The fraction of sp³-hybridized carbons (Fsp3) is 0.600. The molecule has 1 aromatic carbocycles. The van der Waals surface area contributed by atoms with Gasteiger partial charge in [-0.05, 0) is 64.0 Å². The highest BCUT2D eigenvalue weighted by Gasteiger charge is 2.15. The van der Waals surface area contributed by atoms with Crippen LogP contribution in [0.2, 0.25) is 0 Å². The molecular formula is C15H22BrFN2. The van der Waals surface area contributed by atoms with Gasteiger partial charge in [-0.2, -0.15) is 0 Å². The van der Waals surface area contributed by atoms with Crippen molar-refractivity contribution < 1.29 is 4.39 Å². The van der Waals surface area contributed by atoms with Crippen molar-refractivity contribution in [3.63, 3.8) is 0 Å². The fourth-order valence-electron chi connectivity index (χ4n) is 2.55. The van der Waals surface area contributed by atoms with Crippen LogP contribution in [0.1, 0.15) is 24.8 Å². The summed E-state index contributed by atoms with van der Waals surface area (Å²) >= 11 is 3.27. The molecule has 4 heteroatoms. The first kappa shape index (κ1) is 14.9. The standard InChI is InChI=1S/C15H22BrFN2/c1-19-8-5-12(6-9-19)4-7-18-11-13-2-3-14(16)10-15(13)17/h2-3,10,12,18H,4-9,11H2,1H3. The highest BCUT2D eigenvalue weighted by Crippen LogP contribution is 2.19. The first-order valence-electron chi connectivity index (χ1n) is 6.98. The molecule has 1 aliphatic heterocycles. The molecule has 0 unspecified atom stereocenters. The van der Waals surface area contributed by atoms with Gasteiger partial charge in [0.15, 0.2) is 0 Å². The van der Waals surface area contributed by atoms with Crippen LogP contribution in [0.3, 0.4) is 0 Å². The average molecular weight is 329 g/mol. The number of likely N-dealkylation sites (tertiary alicyclic amines) is 1. The van der Waals surface area contributed by atoms with E-state index in [4.69, 9.17) is 0 Å². The van der Waals surface area contributed by atoms with Crippen LogP contribution in [0.15, 0.2) is 22.7 Å². The first-order valence-corrected chi connectivity index (χ1v) is 7.77. The minimum absolute atomic E-state index is 0.138. The number of hydrogen-bond acceptors (Lipinski definition) is 2. The molecule has 0 aliphatic carbocycles. The predicted octanol–water partition coefficient (Wildman–Crippen LogP) is 3.41. The van der Waals surface area contributed by atoms with Gasteiger partial charge in [0.05, 0.1) is 0 Å². The number of benzene rings is 1. The molecule has 0 radical (unpaired) electrons. The lowest BCUT2D eigenvalue weighted by Gasteiger charge is -2.28. The van der Waals surface area contributed by atoms with Crippen LogP contribution in [-0.4, -0.2) is 31.6 Å². The van der Waals surface area contributed by atoms with Gasteiger partial charge in [-0.15, -0.1) is 0 Å². The van der Waals surface area contributed by atoms with Gasteiger partial charge in [0.2, 0.25) is 0 Å². The molecule has 1 fully saturated rings. The van der Waals surface area contributed by atoms with E-state index in [9.17, 15) is 4.39 Å². The summed E-state index contributed by atoms with van der Waals surface area (Å²) in [6, 6.07) is 5.24. The van der Waals surface area contributed by atoms with E-state index in [-0.39, 0.29) is 5.82 Å². The van der Waals surface area contributed by atoms with Crippen molar-refractivity contribution in [3.8, 4) is 0 Å². The van der Waals surface area contributed by atoms with Gasteiger partial charge in [-0.1, -0.05) is 22.0 Å². The van der Waals surface area contributed by atoms with Crippen LogP contribution >= 0.6 is 15.9 Å². The lowest BCUT2D eigenvalue weighted by atomic mass is 9.94. The van der Waals surface area contributed by atoms with Crippen LogP contribution in [0.25, 0.3) is 0 Å². The fourth-order valence-corrected chi connectivity index (χ4v) is 2.88. The number of nitrogens with one attached hydrogen (secondary N) is 1. The van der Waals surface area contributed by atoms with Crippen LogP contribution in [-0.2, 0) is 6.54 Å². The van der Waals surface area contributed by atoms with Gasteiger partial charge < -0.3 is 10.2 Å². The Balaban J connectivity index is 1.66. The molecule has 1 saturated heterocycles. The number of hydrogen-bond donors (Lipinski definition) is 1. The van der Waals surface area contributed by atoms with E-state index < -0.39 is 0 Å². The summed E-state index contributed by atoms with van der Waals surface area (Å²) in [5, 5.41) is 3.35. The van der Waals surface area contributed by atoms with E-state index in [1.807, 2.05) is 12.1 Å². The molecular weight excluding hydrogens is 307 g/mol. The van der Waals surface area contributed by atoms with Crippen LogP contribution < -0.4 is 5.32 Å². The molecule has 2 rings (SSSR count). The maximum absolute atomic E-state index is 13.6. The molecule has 0 spiro atoms. The monoisotopic (exact) mass is 328 g/mol. The topological polar surface area (TPSA) is 15.3 Å². The van der Waals surface area contributed by atoms with Crippen molar-refractivity contribution in [3.05, 3.63) is 34.1 Å². The van der Waals surface area contributed by atoms with Gasteiger partial charge in [0.1, 0.15) is 5.82 Å². The van der Waals surface area contributed by atoms with Crippen LogP contribution in [0, 0.1) is 11.7 Å². The zero-order chi connectivity index (χ0) is 13.7. The third-order valence-corrected chi connectivity index (χ3v) is 4.39. The van der Waals surface area contributed by atoms with Crippen LogP contribution in [0.5, 0.6) is 0 Å². The minimum atomic E-state index is -0.138. The lowest BCUT2D eigenvalue weighted by Crippen LogP contribution is -2.31. The minimum Gasteiger partial charge on any atom is -0.313 e. The molecule has 2 nitrogen and oxygen atoms in total. The second kappa shape index (κ2) is 7.36. The summed E-state index contributed by atoms with van der Waals surface area (Å²) in [5.74, 6) is 0.694. The summed E-state index contributed by atoms with van der Waals surface area (Å²) in [6.45, 7) is 4.02. The predicted molar refractivity (Wildman–Crippen MR) is 80.6 cm³/mol. The molecule has 106 valence electrons. The normalized spacial score (nSPS) is 17.8. The Hall–Kier alpha value is -0.450. The molecule has 1 aliphatic rings. The number of rotatable bonds is 5. The number of piperidine rings is 1. The second-order valence-electron chi connectivity index (χ2n) is 5.45. The highest BCUT2D eigenvalue weighted by atomic mass is 79.9. The van der Waals surface area contributed by atoms with E-state index >= 15 is 0 Å². The first-order chi connectivity index (χ1) is 9.15. The number of nitrogens with zero attached hydrogens (tertiary/aromatic N) is 1. The zero-order valence-corrected chi connectivity index (χ0v) is 13.0. The molecule has 1 heterocycles. The highest BCUT2D eigenvalue weighted by molar-refractivity contribution is 9.10. The average Bonchev–Trinajstić information content (AvgIpc) is 2.39. The summed E-state index contributed by atoms with van der Waals surface area (Å²) < 4.78 is 14.4. The van der Waals surface area contributed by atoms with Crippen molar-refractivity contribution in [1.82, 2.24) is 10.2 Å². The van der Waals surface area contributed by atoms with E-state index in [1.54, 1.807) is 0 Å². The van der Waals surface area contributed by atoms with Gasteiger partial charge in [0.25, 0.3) is 0 Å². The Morgan fingerprint density at radius 3 is 2.79 bits per heavy atom. The van der Waals surface area contributed by atoms with Crippen molar-refractivity contribution in [1.29, 1.82) is 0 Å². The van der Waals surface area contributed by atoms with Crippen molar-refractivity contribution in [2.24, 2.45) is 5.92 Å². The zero-order valence-electron chi connectivity index (χ0n) is 11.5. The summed E-state index contributed by atoms with van der Waals surface area (Å²) in [6.07, 6.45) is 3.79. The third kappa shape index (κ3) is 4.86. The van der Waals surface area contributed by atoms with Gasteiger partial charge >= 0.3 is 0 Å². The number of halogens is 2. The maximum atomic E-state index is 13.6. The summed E-state index contributed by atoms with van der Waals surface area (Å²) in [4.78, 5) is 2.39. The molecule has 0 bridgehead atoms. The van der Waals surface area contributed by atoms with Gasteiger partial charge in [-0.3, -0.25) is 0 Å². The SMILES string of the molecule is CN1CCC(CCNCc2ccc(Br)cc2F)CC1. The lowest BCUT2D eigenvalue weighted by molar-refractivity contribution is 0.211. The Labute approximate surface area is 123 Å². The Kier molecular flexibility index (Phi) is 5.79.